The second-order valence-electron chi connectivity index (χ2n) is 6.26. The van der Waals surface area contributed by atoms with Crippen LogP contribution < -0.4 is 0 Å². The van der Waals surface area contributed by atoms with Crippen LogP contribution in [-0.2, 0) is 0 Å². The summed E-state index contributed by atoms with van der Waals surface area (Å²) >= 11 is 0. The van der Waals surface area contributed by atoms with E-state index in [1.54, 1.807) is 0 Å². The third-order valence-corrected chi connectivity index (χ3v) is 5.06. The van der Waals surface area contributed by atoms with Crippen LogP contribution in [0.1, 0.15) is 46.5 Å². The molecule has 0 amide bonds. The predicted octanol–water partition coefficient (Wildman–Crippen LogP) is 2.81. The molecule has 0 radical (unpaired) electrons. The molecule has 3 saturated carbocycles. The largest absolute Gasteiger partial charge is 0.392 e. The summed E-state index contributed by atoms with van der Waals surface area (Å²) in [5, 5.41) is 21.0. The van der Waals surface area contributed by atoms with Crippen molar-refractivity contribution in [2.75, 3.05) is 0 Å². The maximum atomic E-state index is 10.6. The van der Waals surface area contributed by atoms with E-state index in [1.165, 1.54) is 11.1 Å². The average Bonchev–Trinajstić information content (AvgIpc) is 2.27. The molecule has 0 spiro atoms. The van der Waals surface area contributed by atoms with Crippen LogP contribution in [0.5, 0.6) is 0 Å². The van der Waals surface area contributed by atoms with Gasteiger partial charge in [0.05, 0.1) is 11.7 Å². The van der Waals surface area contributed by atoms with Gasteiger partial charge in [0, 0.05) is 5.41 Å². The molecule has 0 aromatic heterocycles. The van der Waals surface area contributed by atoms with E-state index >= 15 is 0 Å². The number of aliphatic hydroxyl groups is 2. The molecule has 3 aliphatic carbocycles. The first kappa shape index (κ1) is 12.8. The van der Waals surface area contributed by atoms with Gasteiger partial charge in [0.25, 0.3) is 0 Å². The van der Waals surface area contributed by atoms with Crippen LogP contribution in [0.3, 0.4) is 0 Å². The molecule has 2 N–H and O–H groups in total. The molecule has 0 aromatic rings. The van der Waals surface area contributed by atoms with Gasteiger partial charge < -0.3 is 10.2 Å². The van der Waals surface area contributed by atoms with Gasteiger partial charge in [-0.2, -0.15) is 0 Å². The van der Waals surface area contributed by atoms with Gasteiger partial charge >= 0.3 is 0 Å². The van der Waals surface area contributed by atoms with E-state index in [0.29, 0.717) is 12.3 Å². The van der Waals surface area contributed by atoms with Crippen LogP contribution in [0.25, 0.3) is 0 Å². The minimum atomic E-state index is -0.673. The molecular weight excluding hydrogens is 212 g/mol. The Labute approximate surface area is 104 Å². The normalized spacial score (nSPS) is 41.7. The van der Waals surface area contributed by atoms with Gasteiger partial charge in [-0.05, 0) is 45.4 Å². The van der Waals surface area contributed by atoms with Crippen molar-refractivity contribution < 1.29 is 10.2 Å². The summed E-state index contributed by atoms with van der Waals surface area (Å²) in [4.78, 5) is 0. The van der Waals surface area contributed by atoms with Gasteiger partial charge in [-0.1, -0.05) is 30.7 Å². The molecule has 3 fully saturated rings. The monoisotopic (exact) mass is 236 g/mol. The summed E-state index contributed by atoms with van der Waals surface area (Å²) in [6.07, 6.45) is 4.66. The van der Waals surface area contributed by atoms with Crippen molar-refractivity contribution in [3.05, 3.63) is 23.8 Å². The van der Waals surface area contributed by atoms with Gasteiger partial charge in [0.15, 0.2) is 0 Å². The molecule has 2 heteroatoms. The highest BCUT2D eigenvalue weighted by molar-refractivity contribution is 5.28. The third-order valence-electron chi connectivity index (χ3n) is 5.06. The van der Waals surface area contributed by atoms with Gasteiger partial charge in [-0.3, -0.25) is 0 Å². The van der Waals surface area contributed by atoms with E-state index in [9.17, 15) is 10.2 Å². The van der Waals surface area contributed by atoms with E-state index in [2.05, 4.69) is 12.7 Å². The molecule has 4 atom stereocenters. The zero-order valence-electron chi connectivity index (χ0n) is 11.2. The number of aliphatic hydroxyl groups excluding tert-OH is 1. The topological polar surface area (TPSA) is 40.5 Å². The lowest BCUT2D eigenvalue weighted by atomic mass is 9.42. The fourth-order valence-electron chi connectivity index (χ4n) is 3.58. The summed E-state index contributed by atoms with van der Waals surface area (Å²) in [7, 11) is 0. The van der Waals surface area contributed by atoms with E-state index in [-0.39, 0.29) is 0 Å². The molecule has 3 aliphatic rings. The second kappa shape index (κ2) is 3.96. The number of fused-ring (bicyclic) bond motifs is 2. The van der Waals surface area contributed by atoms with Gasteiger partial charge in [-0.15, -0.1) is 0 Å². The van der Waals surface area contributed by atoms with E-state index < -0.39 is 17.1 Å². The van der Waals surface area contributed by atoms with E-state index in [0.717, 1.165) is 19.3 Å². The standard InChI is InChI=1S/C15H24O2/c1-10(2)5-6-13(16)14(4)12-9-15(14,17)8-7-11(12)3/h5,12-13,16-17H,3,6-9H2,1-2,4H3/t12-,13-,14+,15+/m1/s1. The molecule has 17 heavy (non-hydrogen) atoms. The highest BCUT2D eigenvalue weighted by Gasteiger charge is 2.67. The number of hydrogen-bond acceptors (Lipinski definition) is 2. The van der Waals surface area contributed by atoms with Gasteiger partial charge in [0.1, 0.15) is 0 Å². The summed E-state index contributed by atoms with van der Waals surface area (Å²) in [5.74, 6) is 0.293. The van der Waals surface area contributed by atoms with Crippen molar-refractivity contribution in [2.45, 2.75) is 58.2 Å². The smallest absolute Gasteiger partial charge is 0.0740 e. The molecule has 0 aliphatic heterocycles. The van der Waals surface area contributed by atoms with Crippen molar-refractivity contribution in [2.24, 2.45) is 11.3 Å². The molecule has 3 rings (SSSR count). The molecule has 2 nitrogen and oxygen atoms in total. The van der Waals surface area contributed by atoms with Crippen LogP contribution in [-0.4, -0.2) is 21.9 Å². The molecule has 0 unspecified atom stereocenters. The first-order valence-electron chi connectivity index (χ1n) is 6.53. The first-order valence-corrected chi connectivity index (χ1v) is 6.53. The first-order chi connectivity index (χ1) is 7.81. The van der Waals surface area contributed by atoms with Crippen molar-refractivity contribution in [3.8, 4) is 0 Å². The van der Waals surface area contributed by atoms with E-state index in [4.69, 9.17) is 0 Å². The minimum Gasteiger partial charge on any atom is -0.392 e. The molecule has 96 valence electrons. The van der Waals surface area contributed by atoms with Crippen LogP contribution in [0.4, 0.5) is 0 Å². The Balaban J connectivity index is 2.18. The summed E-state index contributed by atoms with van der Waals surface area (Å²) in [6.45, 7) is 10.2. The van der Waals surface area contributed by atoms with Crippen LogP contribution in [0.2, 0.25) is 0 Å². The Morgan fingerprint density at radius 1 is 1.59 bits per heavy atom. The van der Waals surface area contributed by atoms with Crippen LogP contribution in [0, 0.1) is 11.3 Å². The quantitative estimate of drug-likeness (QED) is 0.740. The Kier molecular flexibility index (Phi) is 2.99. The predicted molar refractivity (Wildman–Crippen MR) is 69.6 cm³/mol. The molecular formula is C15H24O2. The van der Waals surface area contributed by atoms with Crippen molar-refractivity contribution in [1.29, 1.82) is 0 Å². The van der Waals surface area contributed by atoms with Crippen molar-refractivity contribution in [3.63, 3.8) is 0 Å². The van der Waals surface area contributed by atoms with Crippen LogP contribution >= 0.6 is 0 Å². The highest BCUT2D eigenvalue weighted by Crippen LogP contribution is 2.65. The Bertz CT molecular complexity index is 363. The molecule has 0 aromatic carbocycles. The fraction of sp³-hybridized carbons (Fsp3) is 0.733. The van der Waals surface area contributed by atoms with Crippen molar-refractivity contribution >= 4 is 0 Å². The molecule has 2 bridgehead atoms. The maximum Gasteiger partial charge on any atom is 0.0740 e. The lowest BCUT2D eigenvalue weighted by Gasteiger charge is -2.66. The van der Waals surface area contributed by atoms with Crippen molar-refractivity contribution in [1.82, 2.24) is 0 Å². The molecule has 0 saturated heterocycles. The van der Waals surface area contributed by atoms with Gasteiger partial charge in [0.2, 0.25) is 0 Å². The zero-order valence-corrected chi connectivity index (χ0v) is 11.2. The highest BCUT2D eigenvalue weighted by atomic mass is 16.3. The lowest BCUT2D eigenvalue weighted by Crippen LogP contribution is -2.69. The zero-order chi connectivity index (χ0) is 12.8. The molecule has 0 heterocycles. The van der Waals surface area contributed by atoms with Gasteiger partial charge in [-0.25, -0.2) is 0 Å². The number of hydrogen-bond donors (Lipinski definition) is 2. The SMILES string of the molecule is C=C1CC[C@]2(O)C[C@H]1[C@@]2(C)[C@H](O)CC=C(C)C. The third kappa shape index (κ3) is 1.69. The lowest BCUT2D eigenvalue weighted by molar-refractivity contribution is -0.252. The summed E-state index contributed by atoms with van der Waals surface area (Å²) < 4.78 is 0. The fourth-order valence-corrected chi connectivity index (χ4v) is 3.58. The Hall–Kier alpha value is -0.600. The second-order valence-corrected chi connectivity index (χ2v) is 6.26. The summed E-state index contributed by atoms with van der Waals surface area (Å²) in [5.41, 5.74) is 1.35. The maximum absolute atomic E-state index is 10.6. The Morgan fingerprint density at radius 2 is 2.24 bits per heavy atom. The summed E-state index contributed by atoms with van der Waals surface area (Å²) in [6, 6.07) is 0. The number of allylic oxidation sites excluding steroid dienone is 2. The number of rotatable bonds is 3. The minimum absolute atomic E-state index is 0.293. The van der Waals surface area contributed by atoms with Crippen LogP contribution in [0.15, 0.2) is 23.8 Å². The Morgan fingerprint density at radius 3 is 2.76 bits per heavy atom. The average molecular weight is 236 g/mol. The van der Waals surface area contributed by atoms with E-state index in [1.807, 2.05) is 20.8 Å².